The van der Waals surface area contributed by atoms with E-state index in [1.807, 2.05) is 0 Å². The Morgan fingerprint density at radius 3 is 2.21 bits per heavy atom. The Bertz CT molecular complexity index is 348. The Morgan fingerprint density at radius 1 is 1.05 bits per heavy atom. The van der Waals surface area contributed by atoms with Gasteiger partial charge in [-0.3, -0.25) is 0 Å². The van der Waals surface area contributed by atoms with Crippen molar-refractivity contribution in [2.45, 2.75) is 71.8 Å². The van der Waals surface area contributed by atoms with Crippen molar-refractivity contribution in [1.29, 1.82) is 0 Å². The highest BCUT2D eigenvalue weighted by Crippen LogP contribution is 2.26. The molecule has 1 N–H and O–H groups in total. The number of benzene rings is 1. The molecule has 0 aromatic heterocycles. The molecule has 1 heteroatoms. The highest BCUT2D eigenvalue weighted by molar-refractivity contribution is 5.28. The predicted molar refractivity (Wildman–Crippen MR) is 85.8 cm³/mol. The molecule has 1 nitrogen and oxygen atoms in total. The van der Waals surface area contributed by atoms with Crippen LogP contribution in [0.25, 0.3) is 0 Å². The van der Waals surface area contributed by atoms with Gasteiger partial charge in [-0.05, 0) is 48.8 Å². The third kappa shape index (κ3) is 5.78. The third-order valence-electron chi connectivity index (χ3n) is 4.06. The first-order chi connectivity index (χ1) is 8.95. The van der Waals surface area contributed by atoms with E-state index in [-0.39, 0.29) is 0 Å². The van der Waals surface area contributed by atoms with Crippen LogP contribution >= 0.6 is 0 Å². The number of aryl methyl sites for hydroxylation is 1. The van der Waals surface area contributed by atoms with Gasteiger partial charge in [0.1, 0.15) is 0 Å². The number of hydrogen-bond donors (Lipinski definition) is 1. The summed E-state index contributed by atoms with van der Waals surface area (Å²) in [5.74, 6) is 0. The fourth-order valence-electron chi connectivity index (χ4n) is 2.17. The second-order valence-electron chi connectivity index (χ2n) is 6.50. The molecule has 0 radical (unpaired) electrons. The van der Waals surface area contributed by atoms with Crippen molar-refractivity contribution in [2.24, 2.45) is 0 Å². The maximum Gasteiger partial charge on any atom is 0.00103 e. The second kappa shape index (κ2) is 7.69. The average Bonchev–Trinajstić information content (AvgIpc) is 2.38. The fourth-order valence-corrected chi connectivity index (χ4v) is 2.17. The van der Waals surface area contributed by atoms with Crippen molar-refractivity contribution in [2.75, 3.05) is 6.54 Å². The molecule has 0 aliphatic heterocycles. The summed E-state index contributed by atoms with van der Waals surface area (Å²) in [7, 11) is 0. The lowest BCUT2D eigenvalue weighted by Crippen LogP contribution is -2.23. The van der Waals surface area contributed by atoms with Crippen molar-refractivity contribution in [3.05, 3.63) is 35.4 Å². The Labute approximate surface area is 119 Å². The van der Waals surface area contributed by atoms with Crippen molar-refractivity contribution in [3.8, 4) is 0 Å². The van der Waals surface area contributed by atoms with Crippen molar-refractivity contribution >= 4 is 0 Å². The highest BCUT2D eigenvalue weighted by Gasteiger charge is 2.17. The zero-order chi connectivity index (χ0) is 14.3. The molecule has 0 unspecified atom stereocenters. The lowest BCUT2D eigenvalue weighted by atomic mass is 9.82. The van der Waals surface area contributed by atoms with E-state index in [4.69, 9.17) is 0 Å². The van der Waals surface area contributed by atoms with Crippen LogP contribution in [0, 0.1) is 0 Å². The molecule has 0 spiro atoms. The SMILES string of the molecule is CCC(C)(C)c1ccc(CCCCNC(C)C)cc1. The summed E-state index contributed by atoms with van der Waals surface area (Å²) in [5.41, 5.74) is 3.24. The summed E-state index contributed by atoms with van der Waals surface area (Å²) in [6.45, 7) is 12.4. The standard InChI is InChI=1S/C18H31N/c1-6-18(4,5)17-12-10-16(11-13-17)9-7-8-14-19-15(2)3/h10-13,15,19H,6-9,14H2,1-5H3. The molecule has 108 valence electrons. The first-order valence-electron chi connectivity index (χ1n) is 7.78. The average molecular weight is 261 g/mol. The van der Waals surface area contributed by atoms with E-state index in [1.54, 1.807) is 0 Å². The van der Waals surface area contributed by atoms with Crippen LogP contribution in [-0.2, 0) is 11.8 Å². The molecule has 0 atom stereocenters. The van der Waals surface area contributed by atoms with Gasteiger partial charge in [-0.2, -0.15) is 0 Å². The van der Waals surface area contributed by atoms with E-state index in [9.17, 15) is 0 Å². The number of rotatable bonds is 8. The lowest BCUT2D eigenvalue weighted by molar-refractivity contribution is 0.506. The van der Waals surface area contributed by atoms with E-state index < -0.39 is 0 Å². The number of unbranched alkanes of at least 4 members (excludes halogenated alkanes) is 1. The fraction of sp³-hybridized carbons (Fsp3) is 0.667. The van der Waals surface area contributed by atoms with Crippen LogP contribution in [-0.4, -0.2) is 12.6 Å². The van der Waals surface area contributed by atoms with E-state index in [0.717, 1.165) is 6.54 Å². The van der Waals surface area contributed by atoms with Gasteiger partial charge >= 0.3 is 0 Å². The molecule has 0 bridgehead atoms. The van der Waals surface area contributed by atoms with Crippen molar-refractivity contribution in [3.63, 3.8) is 0 Å². The normalized spacial score (nSPS) is 12.1. The van der Waals surface area contributed by atoms with Gasteiger partial charge in [-0.1, -0.05) is 58.9 Å². The zero-order valence-corrected chi connectivity index (χ0v) is 13.4. The molecule has 1 aromatic carbocycles. The predicted octanol–water partition coefficient (Wildman–Crippen LogP) is 4.69. The van der Waals surface area contributed by atoms with Crippen LogP contribution in [0.2, 0.25) is 0 Å². The first-order valence-corrected chi connectivity index (χ1v) is 7.78. The molecular weight excluding hydrogens is 230 g/mol. The molecule has 0 aliphatic rings. The van der Waals surface area contributed by atoms with Gasteiger partial charge in [0, 0.05) is 6.04 Å². The van der Waals surface area contributed by atoms with Crippen LogP contribution in [0.4, 0.5) is 0 Å². The molecule has 19 heavy (non-hydrogen) atoms. The van der Waals surface area contributed by atoms with Gasteiger partial charge in [0.2, 0.25) is 0 Å². The maximum absolute atomic E-state index is 3.47. The molecular formula is C18H31N. The third-order valence-corrected chi connectivity index (χ3v) is 4.06. The van der Waals surface area contributed by atoms with Crippen LogP contribution in [0.1, 0.15) is 65.0 Å². The highest BCUT2D eigenvalue weighted by atomic mass is 14.9. The van der Waals surface area contributed by atoms with Crippen molar-refractivity contribution < 1.29 is 0 Å². The van der Waals surface area contributed by atoms with Gasteiger partial charge in [-0.25, -0.2) is 0 Å². The van der Waals surface area contributed by atoms with E-state index in [2.05, 4.69) is 64.2 Å². The minimum atomic E-state index is 0.305. The zero-order valence-electron chi connectivity index (χ0n) is 13.4. The Balaban J connectivity index is 2.37. The summed E-state index contributed by atoms with van der Waals surface area (Å²) in [6, 6.07) is 9.84. The minimum Gasteiger partial charge on any atom is -0.315 e. The van der Waals surface area contributed by atoms with Crippen LogP contribution < -0.4 is 5.32 Å². The number of hydrogen-bond acceptors (Lipinski definition) is 1. The molecule has 1 aromatic rings. The summed E-state index contributed by atoms with van der Waals surface area (Å²) >= 11 is 0. The maximum atomic E-state index is 3.47. The number of nitrogens with one attached hydrogen (secondary N) is 1. The van der Waals surface area contributed by atoms with Gasteiger partial charge < -0.3 is 5.32 Å². The molecule has 0 amide bonds. The first kappa shape index (κ1) is 16.2. The van der Waals surface area contributed by atoms with Gasteiger partial charge in [0.25, 0.3) is 0 Å². The van der Waals surface area contributed by atoms with Gasteiger partial charge in [0.15, 0.2) is 0 Å². The summed E-state index contributed by atoms with van der Waals surface area (Å²) in [4.78, 5) is 0. The van der Waals surface area contributed by atoms with Gasteiger partial charge in [-0.15, -0.1) is 0 Å². The Kier molecular flexibility index (Phi) is 6.57. The molecule has 0 saturated carbocycles. The smallest absolute Gasteiger partial charge is 0.00103 e. The molecule has 1 rings (SSSR count). The molecule has 0 fully saturated rings. The monoisotopic (exact) mass is 261 g/mol. The molecule has 0 saturated heterocycles. The topological polar surface area (TPSA) is 12.0 Å². The second-order valence-corrected chi connectivity index (χ2v) is 6.50. The summed E-state index contributed by atoms with van der Waals surface area (Å²) < 4.78 is 0. The van der Waals surface area contributed by atoms with E-state index in [0.29, 0.717) is 11.5 Å². The van der Waals surface area contributed by atoms with Crippen LogP contribution in [0.3, 0.4) is 0 Å². The largest absolute Gasteiger partial charge is 0.315 e. The van der Waals surface area contributed by atoms with Gasteiger partial charge in [0.05, 0.1) is 0 Å². The van der Waals surface area contributed by atoms with Crippen LogP contribution in [0.15, 0.2) is 24.3 Å². The van der Waals surface area contributed by atoms with E-state index in [1.165, 1.54) is 36.8 Å². The van der Waals surface area contributed by atoms with Crippen molar-refractivity contribution in [1.82, 2.24) is 5.32 Å². The van der Waals surface area contributed by atoms with Crippen LogP contribution in [0.5, 0.6) is 0 Å². The Morgan fingerprint density at radius 2 is 1.68 bits per heavy atom. The molecule has 0 aliphatic carbocycles. The van der Waals surface area contributed by atoms with E-state index >= 15 is 0 Å². The lowest BCUT2D eigenvalue weighted by Gasteiger charge is -2.23. The molecule has 0 heterocycles. The Hall–Kier alpha value is -0.820. The quantitative estimate of drug-likeness (QED) is 0.669. The summed E-state index contributed by atoms with van der Waals surface area (Å²) in [5, 5.41) is 3.47. The minimum absolute atomic E-state index is 0.305. The summed E-state index contributed by atoms with van der Waals surface area (Å²) in [6.07, 6.45) is 4.93.